The van der Waals surface area contributed by atoms with E-state index in [0.29, 0.717) is 45.0 Å². The number of hydrogen-bond acceptors (Lipinski definition) is 3. The van der Waals surface area contributed by atoms with Gasteiger partial charge in [0.1, 0.15) is 0 Å². The zero-order valence-electron chi connectivity index (χ0n) is 18.7. The molecule has 3 aromatic rings. The Labute approximate surface area is 209 Å². The van der Waals surface area contributed by atoms with Crippen molar-refractivity contribution in [3.8, 4) is 28.8 Å². The average Bonchev–Trinajstić information content (AvgIpc) is 3.10. The fourth-order valence-corrected chi connectivity index (χ4v) is 3.75. The van der Waals surface area contributed by atoms with Gasteiger partial charge in [0.05, 0.1) is 22.0 Å². The van der Waals surface area contributed by atoms with Gasteiger partial charge in [-0.2, -0.15) is 5.10 Å². The Morgan fingerprint density at radius 2 is 1.76 bits per heavy atom. The molecule has 0 saturated carbocycles. The van der Waals surface area contributed by atoms with Gasteiger partial charge in [0, 0.05) is 27.6 Å². The van der Waals surface area contributed by atoms with Crippen LogP contribution in [0.25, 0.3) is 16.9 Å². The van der Waals surface area contributed by atoms with E-state index in [9.17, 15) is 4.79 Å². The van der Waals surface area contributed by atoms with Crippen LogP contribution in [-0.4, -0.2) is 27.8 Å². The number of nitrogens with two attached hydrogens (primary N) is 1. The van der Waals surface area contributed by atoms with Crippen molar-refractivity contribution < 1.29 is 4.79 Å². The molecule has 1 heterocycles. The summed E-state index contributed by atoms with van der Waals surface area (Å²) in [6.45, 7) is 6.26. The van der Waals surface area contributed by atoms with Crippen LogP contribution in [0, 0.1) is 11.8 Å². The van der Waals surface area contributed by atoms with Gasteiger partial charge in [-0.1, -0.05) is 58.8 Å². The highest BCUT2D eigenvalue weighted by atomic mass is 35.5. The minimum atomic E-state index is -0.455. The molecule has 0 spiro atoms. The smallest absolute Gasteiger partial charge is 0.273 e. The Bertz CT molecular complexity index is 1220. The number of carbonyl (C=O) groups excluding carboxylic acids is 1. The second-order valence-corrected chi connectivity index (χ2v) is 9.76. The van der Waals surface area contributed by atoms with Gasteiger partial charge in [0.15, 0.2) is 5.69 Å². The van der Waals surface area contributed by atoms with Crippen LogP contribution in [0.1, 0.15) is 49.7 Å². The summed E-state index contributed by atoms with van der Waals surface area (Å²) in [4.78, 5) is 13.2. The fourth-order valence-electron chi connectivity index (χ4n) is 3.14. The maximum absolute atomic E-state index is 13.2. The maximum Gasteiger partial charge on any atom is 0.273 e. The molecular formula is C25H25Cl3N4O. The van der Waals surface area contributed by atoms with Crippen LogP contribution in [0.15, 0.2) is 42.5 Å². The van der Waals surface area contributed by atoms with Crippen molar-refractivity contribution in [2.24, 2.45) is 5.73 Å². The Morgan fingerprint density at radius 1 is 1.09 bits per heavy atom. The summed E-state index contributed by atoms with van der Waals surface area (Å²) in [7, 11) is 0. The molecule has 0 radical (unpaired) electrons. The van der Waals surface area contributed by atoms with E-state index < -0.39 is 5.54 Å². The van der Waals surface area contributed by atoms with Crippen molar-refractivity contribution in [1.29, 1.82) is 0 Å². The monoisotopic (exact) mass is 502 g/mol. The van der Waals surface area contributed by atoms with E-state index in [4.69, 9.17) is 40.5 Å². The van der Waals surface area contributed by atoms with Crippen molar-refractivity contribution in [2.45, 2.75) is 39.2 Å². The molecular weight excluding hydrogens is 479 g/mol. The predicted octanol–water partition coefficient (Wildman–Crippen LogP) is 6.12. The van der Waals surface area contributed by atoms with Crippen molar-refractivity contribution >= 4 is 40.7 Å². The highest BCUT2D eigenvalue weighted by Gasteiger charge is 2.27. The Hall–Kier alpha value is -2.49. The molecule has 33 heavy (non-hydrogen) atoms. The standard InChI is InChI=1S/C25H25Cl3N4O/c1-25(2,3)30-24(33)22-19(7-5-4-6-14-29)23(16-8-10-17(26)11-9-16)32(31-22)21-13-12-18(27)15-20(21)28/h8-13,15H,4,6,14,29H2,1-3H3,(H,30,33). The van der Waals surface area contributed by atoms with Crippen LogP contribution in [0.5, 0.6) is 0 Å². The molecule has 1 amide bonds. The minimum Gasteiger partial charge on any atom is -0.346 e. The molecule has 0 bridgehead atoms. The number of carbonyl (C=O) groups is 1. The molecule has 3 rings (SSSR count). The van der Waals surface area contributed by atoms with E-state index in [1.807, 2.05) is 32.9 Å². The lowest BCUT2D eigenvalue weighted by atomic mass is 10.0. The first kappa shape index (κ1) is 25.1. The normalized spacial score (nSPS) is 11.1. The van der Waals surface area contributed by atoms with E-state index in [1.54, 1.807) is 35.0 Å². The summed E-state index contributed by atoms with van der Waals surface area (Å²) in [6, 6.07) is 12.4. The number of nitrogens with one attached hydrogen (secondary N) is 1. The largest absolute Gasteiger partial charge is 0.346 e. The van der Waals surface area contributed by atoms with Crippen molar-refractivity contribution in [3.05, 3.63) is 68.8 Å². The molecule has 8 heteroatoms. The molecule has 0 aliphatic heterocycles. The number of rotatable bonds is 5. The number of hydrogen-bond donors (Lipinski definition) is 2. The second kappa shape index (κ2) is 10.6. The van der Waals surface area contributed by atoms with Crippen LogP contribution < -0.4 is 11.1 Å². The predicted molar refractivity (Wildman–Crippen MR) is 136 cm³/mol. The summed E-state index contributed by atoms with van der Waals surface area (Å²) in [6.07, 6.45) is 1.35. The summed E-state index contributed by atoms with van der Waals surface area (Å²) in [5.74, 6) is 5.96. The molecule has 0 fully saturated rings. The van der Waals surface area contributed by atoms with E-state index in [1.165, 1.54) is 0 Å². The second-order valence-electron chi connectivity index (χ2n) is 8.48. The number of benzene rings is 2. The molecule has 2 aromatic carbocycles. The van der Waals surface area contributed by atoms with Gasteiger partial charge in [-0.3, -0.25) is 4.79 Å². The lowest BCUT2D eigenvalue weighted by Gasteiger charge is -2.19. The number of unbranched alkanes of at least 4 members (excludes halogenated alkanes) is 1. The third-order valence-electron chi connectivity index (χ3n) is 4.56. The van der Waals surface area contributed by atoms with Crippen molar-refractivity contribution in [2.75, 3.05) is 6.54 Å². The average molecular weight is 504 g/mol. The Balaban J connectivity index is 2.31. The third-order valence-corrected chi connectivity index (χ3v) is 5.35. The zero-order chi connectivity index (χ0) is 24.2. The molecule has 172 valence electrons. The van der Waals surface area contributed by atoms with Gasteiger partial charge in [0.25, 0.3) is 5.91 Å². The van der Waals surface area contributed by atoms with Gasteiger partial charge in [-0.05, 0) is 64.1 Å². The lowest BCUT2D eigenvalue weighted by molar-refractivity contribution is 0.0913. The Morgan fingerprint density at radius 3 is 2.36 bits per heavy atom. The van der Waals surface area contributed by atoms with Crippen molar-refractivity contribution in [3.63, 3.8) is 0 Å². The summed E-state index contributed by atoms with van der Waals surface area (Å²) < 4.78 is 1.63. The van der Waals surface area contributed by atoms with Crippen molar-refractivity contribution in [1.82, 2.24) is 15.1 Å². The quantitative estimate of drug-likeness (QED) is 0.325. The van der Waals surface area contributed by atoms with Crippen LogP contribution in [-0.2, 0) is 0 Å². The number of halogens is 3. The number of aromatic nitrogens is 2. The van der Waals surface area contributed by atoms with E-state index in [0.717, 1.165) is 12.0 Å². The highest BCUT2D eigenvalue weighted by molar-refractivity contribution is 6.35. The molecule has 0 aliphatic carbocycles. The number of amides is 1. The molecule has 0 atom stereocenters. The third kappa shape index (κ3) is 6.31. The molecule has 3 N–H and O–H groups in total. The SMILES string of the molecule is CC(C)(C)NC(=O)c1nn(-c2ccc(Cl)cc2Cl)c(-c2ccc(Cl)cc2)c1C#CCCCN. The fraction of sp³-hybridized carbons (Fsp3) is 0.280. The molecule has 0 unspecified atom stereocenters. The molecule has 0 saturated heterocycles. The van der Waals surface area contributed by atoms with Crippen LogP contribution in [0.2, 0.25) is 15.1 Å². The van der Waals surface area contributed by atoms with Crippen LogP contribution in [0.3, 0.4) is 0 Å². The highest BCUT2D eigenvalue weighted by Crippen LogP contribution is 2.33. The van der Waals surface area contributed by atoms with E-state index in [2.05, 4.69) is 22.3 Å². The van der Waals surface area contributed by atoms with E-state index >= 15 is 0 Å². The van der Waals surface area contributed by atoms with Crippen LogP contribution in [0.4, 0.5) is 0 Å². The van der Waals surface area contributed by atoms with Gasteiger partial charge in [0.2, 0.25) is 0 Å². The molecule has 1 aromatic heterocycles. The Kier molecular flexibility index (Phi) is 8.10. The summed E-state index contributed by atoms with van der Waals surface area (Å²) >= 11 is 18.8. The zero-order valence-corrected chi connectivity index (χ0v) is 20.9. The molecule has 5 nitrogen and oxygen atoms in total. The lowest BCUT2D eigenvalue weighted by Crippen LogP contribution is -2.41. The molecule has 0 aliphatic rings. The topological polar surface area (TPSA) is 72.9 Å². The first-order valence-corrected chi connectivity index (χ1v) is 11.6. The maximum atomic E-state index is 13.2. The van der Waals surface area contributed by atoms with Gasteiger partial charge in [-0.25, -0.2) is 4.68 Å². The number of nitrogens with zero attached hydrogens (tertiary/aromatic N) is 2. The van der Waals surface area contributed by atoms with Gasteiger partial charge >= 0.3 is 0 Å². The summed E-state index contributed by atoms with van der Waals surface area (Å²) in [5.41, 5.74) is 7.87. The van der Waals surface area contributed by atoms with Gasteiger partial charge < -0.3 is 11.1 Å². The first-order chi connectivity index (χ1) is 15.6. The van der Waals surface area contributed by atoms with Crippen LogP contribution >= 0.6 is 34.8 Å². The van der Waals surface area contributed by atoms with E-state index in [-0.39, 0.29) is 11.6 Å². The first-order valence-electron chi connectivity index (χ1n) is 10.5. The minimum absolute atomic E-state index is 0.209. The summed E-state index contributed by atoms with van der Waals surface area (Å²) in [5, 5.41) is 9.13. The van der Waals surface area contributed by atoms with Gasteiger partial charge in [-0.15, -0.1) is 0 Å².